The molecule has 1 unspecified atom stereocenters. The van der Waals surface area contributed by atoms with Crippen molar-refractivity contribution < 1.29 is 34.4 Å². The number of unbranched alkanes of at least 4 members (excludes halogenated alkanes) is 25. The fraction of sp³-hybridized carbons (Fsp3) is 0.912. The van der Waals surface area contributed by atoms with Crippen LogP contribution in [0, 0.1) is 0 Å². The van der Waals surface area contributed by atoms with Crippen molar-refractivity contribution in [2.24, 2.45) is 0 Å². The maximum absolute atomic E-state index is 11.7. The van der Waals surface area contributed by atoms with E-state index in [1.165, 1.54) is 141 Å². The molecule has 41 heavy (non-hydrogen) atoms. The second kappa shape index (κ2) is 28.5. The first-order valence-electron chi connectivity index (χ1n) is 17.1. The molecule has 7 nitrogen and oxygen atoms in total. The summed E-state index contributed by atoms with van der Waals surface area (Å²) in [5.41, 5.74) is -2.63. The van der Waals surface area contributed by atoms with Gasteiger partial charge in [0.25, 0.3) is 0 Å². The van der Waals surface area contributed by atoms with Crippen LogP contribution in [-0.4, -0.2) is 45.4 Å². The zero-order valence-electron chi connectivity index (χ0n) is 26.5. The van der Waals surface area contributed by atoms with Crippen LogP contribution in [-0.2, 0) is 19.1 Å². The Morgan fingerprint density at radius 2 is 0.780 bits per heavy atom. The Labute approximate surface area is 251 Å². The van der Waals surface area contributed by atoms with E-state index in [0.29, 0.717) is 6.42 Å². The first-order valence-corrected chi connectivity index (χ1v) is 17.1. The van der Waals surface area contributed by atoms with Gasteiger partial charge >= 0.3 is 17.9 Å². The number of carbonyl (C=O) groups is 3. The molecule has 0 aliphatic carbocycles. The predicted molar refractivity (Wildman–Crippen MR) is 166 cm³/mol. The van der Waals surface area contributed by atoms with Gasteiger partial charge in [-0.15, -0.1) is 0 Å². The number of hydrogen-bond acceptors (Lipinski definition) is 5. The Morgan fingerprint density at radius 3 is 1.05 bits per heavy atom. The molecule has 0 bridgehead atoms. The molecule has 0 rings (SSSR count). The highest BCUT2D eigenvalue weighted by Gasteiger charge is 2.41. The lowest BCUT2D eigenvalue weighted by Gasteiger charge is -2.20. The summed E-state index contributed by atoms with van der Waals surface area (Å²) in [6.07, 6.45) is 32.5. The number of carboxylic acid groups (broad SMARTS) is 2. The zero-order chi connectivity index (χ0) is 30.4. The van der Waals surface area contributed by atoms with Crippen LogP contribution in [0.2, 0.25) is 0 Å². The molecule has 0 spiro atoms. The quantitative estimate of drug-likeness (QED) is 0.0532. The van der Waals surface area contributed by atoms with Crippen LogP contribution in [0.1, 0.15) is 187 Å². The van der Waals surface area contributed by atoms with Crippen molar-refractivity contribution in [3.63, 3.8) is 0 Å². The molecule has 0 fully saturated rings. The third kappa shape index (κ3) is 27.0. The summed E-state index contributed by atoms with van der Waals surface area (Å²) in [4.78, 5) is 33.5. The summed E-state index contributed by atoms with van der Waals surface area (Å²) >= 11 is 0. The molecule has 0 aromatic heterocycles. The molecule has 7 heteroatoms. The number of rotatable bonds is 32. The molecular weight excluding hydrogens is 520 g/mol. The van der Waals surface area contributed by atoms with Crippen LogP contribution in [0.4, 0.5) is 0 Å². The van der Waals surface area contributed by atoms with E-state index in [1.54, 1.807) is 0 Å². The van der Waals surface area contributed by atoms with Crippen LogP contribution in [0.3, 0.4) is 0 Å². The van der Waals surface area contributed by atoms with Gasteiger partial charge in [0, 0.05) is 0 Å². The maximum atomic E-state index is 11.7. The Balaban J connectivity index is 3.30. The van der Waals surface area contributed by atoms with Crippen molar-refractivity contribution in [1.29, 1.82) is 0 Å². The lowest BCUT2D eigenvalue weighted by molar-refractivity contribution is -0.172. The normalized spacial score (nSPS) is 12.7. The zero-order valence-corrected chi connectivity index (χ0v) is 26.5. The van der Waals surface area contributed by atoms with E-state index >= 15 is 0 Å². The van der Waals surface area contributed by atoms with Crippen LogP contribution in [0.5, 0.6) is 0 Å². The molecule has 0 aliphatic heterocycles. The van der Waals surface area contributed by atoms with E-state index in [1.807, 2.05) is 0 Å². The van der Waals surface area contributed by atoms with Gasteiger partial charge in [-0.1, -0.05) is 167 Å². The average Bonchev–Trinajstić information content (AvgIpc) is 2.92. The Hall–Kier alpha value is -1.63. The fourth-order valence-electron chi connectivity index (χ4n) is 5.36. The number of aliphatic carboxylic acids is 2. The molecule has 0 amide bonds. The summed E-state index contributed by atoms with van der Waals surface area (Å²) in [7, 11) is 0. The second-order valence-corrected chi connectivity index (χ2v) is 12.1. The van der Waals surface area contributed by atoms with Crippen molar-refractivity contribution >= 4 is 17.9 Å². The van der Waals surface area contributed by atoms with Crippen molar-refractivity contribution in [1.82, 2.24) is 0 Å². The highest BCUT2D eigenvalue weighted by Crippen LogP contribution is 2.18. The third-order valence-electron chi connectivity index (χ3n) is 8.04. The van der Waals surface area contributed by atoms with Gasteiger partial charge in [0.05, 0.1) is 19.4 Å². The standard InChI is InChI=1S/C34H64O7/c1-2-3-4-5-6-7-8-9-10-11-12-13-14-15-16-17-18-19-20-21-22-23-24-25-26-27-28-41-32(37)30-34(40,33(38)39)29-31(35)36/h40H,2-30H2,1H3,(H,35,36)(H,38,39). The molecule has 0 aromatic rings. The summed E-state index contributed by atoms with van der Waals surface area (Å²) in [6.45, 7) is 2.44. The van der Waals surface area contributed by atoms with Gasteiger partial charge in [-0.05, 0) is 6.42 Å². The van der Waals surface area contributed by atoms with E-state index in [4.69, 9.17) is 14.9 Å². The largest absolute Gasteiger partial charge is 0.481 e. The van der Waals surface area contributed by atoms with Crippen LogP contribution < -0.4 is 0 Å². The van der Waals surface area contributed by atoms with Crippen LogP contribution in [0.15, 0.2) is 0 Å². The number of ether oxygens (including phenoxy) is 1. The third-order valence-corrected chi connectivity index (χ3v) is 8.04. The van der Waals surface area contributed by atoms with E-state index in [9.17, 15) is 19.5 Å². The average molecular weight is 585 g/mol. The van der Waals surface area contributed by atoms with Gasteiger partial charge in [0.15, 0.2) is 5.60 Å². The Bertz CT molecular complexity index is 637. The van der Waals surface area contributed by atoms with Gasteiger partial charge in [-0.3, -0.25) is 9.59 Å². The van der Waals surface area contributed by atoms with Crippen molar-refractivity contribution in [2.45, 2.75) is 192 Å². The molecule has 1 atom stereocenters. The van der Waals surface area contributed by atoms with E-state index in [2.05, 4.69) is 6.92 Å². The van der Waals surface area contributed by atoms with E-state index in [0.717, 1.165) is 19.3 Å². The second-order valence-electron chi connectivity index (χ2n) is 12.1. The molecular formula is C34H64O7. The van der Waals surface area contributed by atoms with E-state index in [-0.39, 0.29) is 6.61 Å². The first-order chi connectivity index (χ1) is 19.8. The lowest BCUT2D eigenvalue weighted by atomic mass is 9.96. The number of carboxylic acids is 2. The highest BCUT2D eigenvalue weighted by molar-refractivity contribution is 5.88. The number of aliphatic hydroxyl groups is 1. The van der Waals surface area contributed by atoms with Gasteiger partial charge in [0.1, 0.15) is 0 Å². The van der Waals surface area contributed by atoms with Gasteiger partial charge in [0.2, 0.25) is 0 Å². The minimum absolute atomic E-state index is 0.154. The Morgan fingerprint density at radius 1 is 0.488 bits per heavy atom. The minimum Gasteiger partial charge on any atom is -0.481 e. The van der Waals surface area contributed by atoms with Crippen molar-refractivity contribution in [2.75, 3.05) is 6.61 Å². The monoisotopic (exact) mass is 584 g/mol. The highest BCUT2D eigenvalue weighted by atomic mass is 16.5. The summed E-state index contributed by atoms with van der Waals surface area (Å²) in [5, 5.41) is 27.6. The van der Waals surface area contributed by atoms with Crippen LogP contribution in [0.25, 0.3) is 0 Å². The minimum atomic E-state index is -2.63. The molecule has 242 valence electrons. The molecule has 0 aromatic carbocycles. The summed E-state index contributed by atoms with van der Waals surface area (Å²) < 4.78 is 4.97. The van der Waals surface area contributed by atoms with Gasteiger partial charge in [-0.2, -0.15) is 0 Å². The number of hydrogen-bond donors (Lipinski definition) is 3. The van der Waals surface area contributed by atoms with Crippen molar-refractivity contribution in [3.05, 3.63) is 0 Å². The fourth-order valence-corrected chi connectivity index (χ4v) is 5.36. The van der Waals surface area contributed by atoms with Crippen LogP contribution >= 0.6 is 0 Å². The molecule has 0 aliphatic rings. The molecule has 0 saturated heterocycles. The summed E-state index contributed by atoms with van der Waals surface area (Å²) in [5.74, 6) is -4.12. The lowest BCUT2D eigenvalue weighted by Crippen LogP contribution is -2.43. The molecule has 0 saturated carbocycles. The SMILES string of the molecule is CCCCCCCCCCCCCCCCCCCCCCCCCCCCOC(=O)CC(O)(CC(=O)O)C(=O)O. The van der Waals surface area contributed by atoms with E-state index < -0.39 is 36.4 Å². The van der Waals surface area contributed by atoms with Gasteiger partial charge in [-0.25, -0.2) is 4.79 Å². The van der Waals surface area contributed by atoms with Gasteiger partial charge < -0.3 is 20.1 Å². The Kier molecular flexibility index (Phi) is 27.4. The number of esters is 1. The molecule has 0 heterocycles. The summed E-state index contributed by atoms with van der Waals surface area (Å²) in [6, 6.07) is 0. The topological polar surface area (TPSA) is 121 Å². The number of carbonyl (C=O) groups excluding carboxylic acids is 1. The maximum Gasteiger partial charge on any atom is 0.336 e. The molecule has 3 N–H and O–H groups in total. The smallest absolute Gasteiger partial charge is 0.336 e. The predicted octanol–water partition coefficient (Wildman–Crippen LogP) is 9.37. The van der Waals surface area contributed by atoms with Crippen molar-refractivity contribution in [3.8, 4) is 0 Å². The molecule has 0 radical (unpaired) electrons. The first kappa shape index (κ1) is 39.4.